The number of piperidine rings is 2. The molecule has 2 N–H and O–H groups in total. The molecule has 3 saturated heterocycles. The number of nitrogens with zero attached hydrogens (tertiary/aromatic N) is 5. The molecular weight excluding hydrogens is 677 g/mol. The molecule has 0 saturated carbocycles. The van der Waals surface area contributed by atoms with Gasteiger partial charge in [-0.25, -0.2) is 0 Å². The molecule has 9 rings (SSSR count). The van der Waals surface area contributed by atoms with Gasteiger partial charge < -0.3 is 19.8 Å². The number of rotatable bonds is 7. The maximum Gasteiger partial charge on any atom is 0.255 e. The highest BCUT2D eigenvalue weighted by Gasteiger charge is 2.39. The number of carbonyl (C=O) groups is 3. The molecule has 4 aliphatic heterocycles. The number of hydrogen-bond acceptors (Lipinski definition) is 8. The fraction of sp³-hybridized carbons (Fsp3) is 0.409. The standard InChI is InChI=1S/C44H48N6O4/c51-36-9-12-37-31(25-36)5-10-38(32-2-1-17-45-26-32)42(37)30-3-6-34(7-4-30)48-18-15-29(16-19-48)27-47-20-22-49(23-21-47)35-8-11-39-33(24-35)28-50(44(39)54)40-13-14-41(52)46-43(40)53/h1-4,6-9,11-12,17,24-26,29,38,40,42,51H,5,10,13-16,18-23,27-28H2,(H,46,52,53)/t38-,40-,42-/m1/s1. The van der Waals surface area contributed by atoms with Gasteiger partial charge in [-0.1, -0.05) is 24.3 Å². The van der Waals surface area contributed by atoms with Gasteiger partial charge in [-0.3, -0.25) is 29.6 Å². The van der Waals surface area contributed by atoms with Crippen molar-refractivity contribution in [3.05, 3.63) is 119 Å². The highest BCUT2D eigenvalue weighted by atomic mass is 16.3. The predicted octanol–water partition coefficient (Wildman–Crippen LogP) is 5.45. The van der Waals surface area contributed by atoms with Gasteiger partial charge in [0, 0.05) is 94.0 Å². The summed E-state index contributed by atoms with van der Waals surface area (Å²) in [5.74, 6) is 0.830. The maximum atomic E-state index is 13.1. The number of aromatic nitrogens is 1. The molecule has 10 nitrogen and oxygen atoms in total. The van der Waals surface area contributed by atoms with Crippen LogP contribution in [0.25, 0.3) is 0 Å². The number of piperazine rings is 1. The molecule has 0 unspecified atom stereocenters. The minimum atomic E-state index is -0.587. The van der Waals surface area contributed by atoms with Crippen LogP contribution >= 0.6 is 0 Å². The van der Waals surface area contributed by atoms with E-state index in [1.807, 2.05) is 42.7 Å². The van der Waals surface area contributed by atoms with Crippen LogP contribution in [-0.2, 0) is 22.6 Å². The van der Waals surface area contributed by atoms with E-state index >= 15 is 0 Å². The summed E-state index contributed by atoms with van der Waals surface area (Å²) in [5, 5.41) is 12.6. The Bertz CT molecular complexity index is 2040. The number of aryl methyl sites for hydroxylation is 1. The second-order valence-corrected chi connectivity index (χ2v) is 15.8. The third kappa shape index (κ3) is 6.72. The third-order valence-corrected chi connectivity index (χ3v) is 12.7. The van der Waals surface area contributed by atoms with Crippen molar-refractivity contribution in [2.45, 2.75) is 62.9 Å². The first-order valence-electron chi connectivity index (χ1n) is 19.7. The van der Waals surface area contributed by atoms with Crippen LogP contribution < -0.4 is 15.1 Å². The van der Waals surface area contributed by atoms with Crippen molar-refractivity contribution in [1.29, 1.82) is 0 Å². The molecule has 0 radical (unpaired) electrons. The molecule has 5 heterocycles. The molecule has 10 heteroatoms. The number of nitrogens with one attached hydrogen (secondary N) is 1. The third-order valence-electron chi connectivity index (χ3n) is 12.7. The molecule has 1 aromatic heterocycles. The molecule has 54 heavy (non-hydrogen) atoms. The summed E-state index contributed by atoms with van der Waals surface area (Å²) < 4.78 is 0. The summed E-state index contributed by atoms with van der Waals surface area (Å²) in [6.07, 6.45) is 8.86. The van der Waals surface area contributed by atoms with Gasteiger partial charge in [0.1, 0.15) is 11.8 Å². The highest BCUT2D eigenvalue weighted by Crippen LogP contribution is 2.47. The average molecular weight is 725 g/mol. The first-order valence-corrected chi connectivity index (χ1v) is 19.7. The minimum absolute atomic E-state index is 0.123. The highest BCUT2D eigenvalue weighted by molar-refractivity contribution is 6.05. The van der Waals surface area contributed by atoms with Gasteiger partial charge in [-0.2, -0.15) is 0 Å². The lowest BCUT2D eigenvalue weighted by atomic mass is 9.69. The minimum Gasteiger partial charge on any atom is -0.508 e. The van der Waals surface area contributed by atoms with Crippen molar-refractivity contribution >= 4 is 29.1 Å². The smallest absolute Gasteiger partial charge is 0.255 e. The lowest BCUT2D eigenvalue weighted by Gasteiger charge is -2.40. The Morgan fingerprint density at radius 2 is 1.52 bits per heavy atom. The molecule has 3 atom stereocenters. The summed E-state index contributed by atoms with van der Waals surface area (Å²) in [7, 11) is 0. The molecule has 278 valence electrons. The van der Waals surface area contributed by atoms with E-state index in [-0.39, 0.29) is 30.1 Å². The first-order chi connectivity index (χ1) is 26.4. The molecule has 5 aliphatic rings. The number of carbonyl (C=O) groups excluding carboxylic acids is 3. The lowest BCUT2D eigenvalue weighted by molar-refractivity contribution is -0.136. The number of amides is 3. The lowest BCUT2D eigenvalue weighted by Crippen LogP contribution is -2.52. The first kappa shape index (κ1) is 34.5. The van der Waals surface area contributed by atoms with E-state index in [2.05, 4.69) is 67.5 Å². The molecule has 0 bridgehead atoms. The fourth-order valence-electron chi connectivity index (χ4n) is 9.75. The van der Waals surface area contributed by atoms with E-state index in [0.29, 0.717) is 36.1 Å². The Morgan fingerprint density at radius 3 is 2.28 bits per heavy atom. The zero-order chi connectivity index (χ0) is 36.8. The number of phenols is 1. The zero-order valence-electron chi connectivity index (χ0n) is 30.7. The van der Waals surface area contributed by atoms with E-state index in [4.69, 9.17) is 0 Å². The molecule has 3 amide bonds. The molecule has 0 spiro atoms. The van der Waals surface area contributed by atoms with Gasteiger partial charge in [0.05, 0.1) is 0 Å². The van der Waals surface area contributed by atoms with Crippen molar-refractivity contribution in [1.82, 2.24) is 20.1 Å². The van der Waals surface area contributed by atoms with E-state index < -0.39 is 6.04 Å². The summed E-state index contributed by atoms with van der Waals surface area (Å²) in [6.45, 7) is 7.60. The number of aromatic hydroxyl groups is 1. The van der Waals surface area contributed by atoms with Gasteiger partial charge in [0.25, 0.3) is 5.91 Å². The van der Waals surface area contributed by atoms with Crippen LogP contribution in [0.1, 0.15) is 82.1 Å². The average Bonchev–Trinajstić information content (AvgIpc) is 3.53. The van der Waals surface area contributed by atoms with Crippen LogP contribution in [-0.4, -0.2) is 89.5 Å². The summed E-state index contributed by atoms with van der Waals surface area (Å²) >= 11 is 0. The van der Waals surface area contributed by atoms with E-state index in [1.54, 1.807) is 4.90 Å². The van der Waals surface area contributed by atoms with Crippen molar-refractivity contribution in [2.75, 3.05) is 55.6 Å². The number of hydrogen-bond donors (Lipinski definition) is 2. The van der Waals surface area contributed by atoms with Gasteiger partial charge in [0.2, 0.25) is 11.8 Å². The Labute approximate surface area is 316 Å². The number of pyridine rings is 1. The second kappa shape index (κ2) is 14.5. The number of imide groups is 1. The quantitative estimate of drug-likeness (QED) is 0.243. The molecular formula is C44H48N6O4. The largest absolute Gasteiger partial charge is 0.508 e. The number of fused-ring (bicyclic) bond motifs is 2. The predicted molar refractivity (Wildman–Crippen MR) is 208 cm³/mol. The van der Waals surface area contributed by atoms with Gasteiger partial charge >= 0.3 is 0 Å². The van der Waals surface area contributed by atoms with Crippen molar-refractivity contribution in [3.8, 4) is 5.75 Å². The maximum absolute atomic E-state index is 13.1. The normalized spacial score (nSPS) is 23.7. The molecule has 3 aromatic carbocycles. The summed E-state index contributed by atoms with van der Waals surface area (Å²) in [4.78, 5) is 50.9. The Hall–Kier alpha value is -5.22. The van der Waals surface area contributed by atoms with Crippen LogP contribution in [0.5, 0.6) is 5.75 Å². The van der Waals surface area contributed by atoms with E-state index in [0.717, 1.165) is 69.9 Å². The Morgan fingerprint density at radius 1 is 0.741 bits per heavy atom. The number of phenolic OH excluding ortho intramolecular Hbond substituents is 1. The van der Waals surface area contributed by atoms with Crippen LogP contribution in [0.3, 0.4) is 0 Å². The monoisotopic (exact) mass is 724 g/mol. The van der Waals surface area contributed by atoms with Crippen molar-refractivity contribution < 1.29 is 19.5 Å². The topological polar surface area (TPSA) is 109 Å². The number of anilines is 2. The van der Waals surface area contributed by atoms with Crippen LogP contribution in [0.4, 0.5) is 11.4 Å². The SMILES string of the molecule is O=C1CC[C@@H](N2Cc3cc(N4CCN(CC5CCN(c6ccc([C@@H]7c8ccc(O)cc8CC[C@@H]7c7cccnc7)cc6)CC5)CC4)ccc3C2=O)C(=O)N1. The molecule has 3 fully saturated rings. The summed E-state index contributed by atoms with van der Waals surface area (Å²) in [6, 6.07) is 24.9. The van der Waals surface area contributed by atoms with Gasteiger partial charge in [-0.15, -0.1) is 0 Å². The van der Waals surface area contributed by atoms with E-state index in [9.17, 15) is 19.5 Å². The van der Waals surface area contributed by atoms with Crippen LogP contribution in [0.2, 0.25) is 0 Å². The van der Waals surface area contributed by atoms with Gasteiger partial charge in [0.15, 0.2) is 0 Å². The van der Waals surface area contributed by atoms with Crippen LogP contribution in [0.15, 0.2) is 85.2 Å². The zero-order valence-corrected chi connectivity index (χ0v) is 30.7. The Balaban J connectivity index is 0.780. The van der Waals surface area contributed by atoms with E-state index in [1.165, 1.54) is 40.8 Å². The molecule has 4 aromatic rings. The van der Waals surface area contributed by atoms with Crippen molar-refractivity contribution in [2.24, 2.45) is 5.92 Å². The van der Waals surface area contributed by atoms with Crippen molar-refractivity contribution in [3.63, 3.8) is 0 Å². The second-order valence-electron chi connectivity index (χ2n) is 15.8. The number of benzene rings is 3. The van der Waals surface area contributed by atoms with Gasteiger partial charge in [-0.05, 0) is 120 Å². The fourth-order valence-corrected chi connectivity index (χ4v) is 9.75. The Kier molecular flexibility index (Phi) is 9.31. The molecule has 1 aliphatic carbocycles. The summed E-state index contributed by atoms with van der Waals surface area (Å²) in [5.41, 5.74) is 9.19. The van der Waals surface area contributed by atoms with Crippen LogP contribution in [0, 0.1) is 5.92 Å².